The molecule has 164 valence electrons. The molecule has 2 N–H and O–H groups in total. The van der Waals surface area contributed by atoms with Crippen molar-refractivity contribution in [3.8, 4) is 5.75 Å². The highest BCUT2D eigenvalue weighted by Crippen LogP contribution is 2.41. The van der Waals surface area contributed by atoms with Gasteiger partial charge in [0.2, 0.25) is 5.56 Å². The monoisotopic (exact) mass is 432 g/mol. The van der Waals surface area contributed by atoms with Gasteiger partial charge in [0.05, 0.1) is 18.3 Å². The fourth-order valence-corrected chi connectivity index (χ4v) is 3.50. The van der Waals surface area contributed by atoms with Crippen LogP contribution >= 0.6 is 0 Å². The molecule has 1 heterocycles. The van der Waals surface area contributed by atoms with Gasteiger partial charge < -0.3 is 14.8 Å². The SMILES string of the molecule is COc1cccc(C(C)(C)CC(O)(C=Nc2cccc3[nH]c(=O)ccc23)C(F)(F)F)c1. The lowest BCUT2D eigenvalue weighted by Crippen LogP contribution is -2.50. The zero-order valence-corrected chi connectivity index (χ0v) is 17.3. The number of H-pyrrole nitrogens is 1. The van der Waals surface area contributed by atoms with Gasteiger partial charge in [-0.2, -0.15) is 13.2 Å². The molecule has 1 atom stereocenters. The van der Waals surface area contributed by atoms with Crippen LogP contribution in [0.3, 0.4) is 0 Å². The number of aromatic amines is 1. The van der Waals surface area contributed by atoms with Crippen LogP contribution in [0.4, 0.5) is 18.9 Å². The Morgan fingerprint density at radius 3 is 2.48 bits per heavy atom. The van der Waals surface area contributed by atoms with Crippen molar-refractivity contribution in [1.29, 1.82) is 0 Å². The number of nitrogens with zero attached hydrogens (tertiary/aromatic N) is 1. The summed E-state index contributed by atoms with van der Waals surface area (Å²) in [7, 11) is 1.47. The van der Waals surface area contributed by atoms with Gasteiger partial charge in [-0.05, 0) is 47.7 Å². The predicted molar refractivity (Wildman–Crippen MR) is 114 cm³/mol. The van der Waals surface area contributed by atoms with E-state index < -0.39 is 23.6 Å². The van der Waals surface area contributed by atoms with Crippen LogP contribution in [-0.4, -0.2) is 35.2 Å². The van der Waals surface area contributed by atoms with Gasteiger partial charge in [-0.15, -0.1) is 0 Å². The number of rotatable bonds is 6. The molecule has 3 rings (SSSR count). The number of methoxy groups -OCH3 is 1. The average Bonchev–Trinajstić information content (AvgIpc) is 2.71. The smallest absolute Gasteiger partial charge is 0.422 e. The molecule has 0 spiro atoms. The van der Waals surface area contributed by atoms with Crippen molar-refractivity contribution in [2.45, 2.75) is 37.5 Å². The van der Waals surface area contributed by atoms with Crippen molar-refractivity contribution >= 4 is 22.8 Å². The van der Waals surface area contributed by atoms with E-state index in [-0.39, 0.29) is 11.2 Å². The number of hydrogen-bond acceptors (Lipinski definition) is 4. The molecule has 2 aromatic carbocycles. The number of alkyl halides is 3. The van der Waals surface area contributed by atoms with Crippen LogP contribution in [0.2, 0.25) is 0 Å². The third-order valence-corrected chi connectivity index (χ3v) is 5.21. The Morgan fingerprint density at radius 1 is 1.10 bits per heavy atom. The van der Waals surface area contributed by atoms with Crippen LogP contribution < -0.4 is 10.3 Å². The first-order valence-corrected chi connectivity index (χ1v) is 9.56. The molecule has 0 amide bonds. The number of nitrogens with one attached hydrogen (secondary N) is 1. The van der Waals surface area contributed by atoms with Crippen molar-refractivity contribution in [2.75, 3.05) is 7.11 Å². The Kier molecular flexibility index (Phi) is 5.96. The normalized spacial score (nSPS) is 14.7. The second-order valence-corrected chi connectivity index (χ2v) is 8.03. The fourth-order valence-electron chi connectivity index (χ4n) is 3.50. The van der Waals surface area contributed by atoms with Gasteiger partial charge in [-0.1, -0.05) is 32.0 Å². The molecule has 31 heavy (non-hydrogen) atoms. The van der Waals surface area contributed by atoms with E-state index in [1.165, 1.54) is 25.3 Å². The molecule has 0 aliphatic heterocycles. The van der Waals surface area contributed by atoms with E-state index in [0.29, 0.717) is 28.4 Å². The van der Waals surface area contributed by atoms with Crippen molar-refractivity contribution in [1.82, 2.24) is 4.98 Å². The lowest BCUT2D eigenvalue weighted by atomic mass is 9.75. The first-order chi connectivity index (χ1) is 14.4. The zero-order chi connectivity index (χ0) is 22.9. The molecule has 1 aromatic heterocycles. The average molecular weight is 432 g/mol. The van der Waals surface area contributed by atoms with Gasteiger partial charge in [0, 0.05) is 17.7 Å². The van der Waals surface area contributed by atoms with E-state index >= 15 is 0 Å². The molecule has 1 unspecified atom stereocenters. The summed E-state index contributed by atoms with van der Waals surface area (Å²) >= 11 is 0. The van der Waals surface area contributed by atoms with E-state index in [2.05, 4.69) is 9.98 Å². The second-order valence-electron chi connectivity index (χ2n) is 8.03. The number of ether oxygens (including phenoxy) is 1. The maximum absolute atomic E-state index is 14.0. The van der Waals surface area contributed by atoms with Gasteiger partial charge >= 0.3 is 6.18 Å². The minimum Gasteiger partial charge on any atom is -0.497 e. The lowest BCUT2D eigenvalue weighted by Gasteiger charge is -2.35. The molecule has 0 saturated heterocycles. The first kappa shape index (κ1) is 22.6. The van der Waals surface area contributed by atoms with Crippen molar-refractivity contribution in [3.63, 3.8) is 0 Å². The maximum Gasteiger partial charge on any atom is 0.422 e. The summed E-state index contributed by atoms with van der Waals surface area (Å²) in [5.74, 6) is 0.513. The number of halogens is 3. The first-order valence-electron chi connectivity index (χ1n) is 9.56. The minimum atomic E-state index is -4.95. The number of pyridine rings is 1. The summed E-state index contributed by atoms with van der Waals surface area (Å²) in [5.41, 5.74) is -3.32. The van der Waals surface area contributed by atoms with Gasteiger partial charge in [0.1, 0.15) is 5.75 Å². The number of aliphatic imine (C=N–C) groups is 1. The zero-order valence-electron chi connectivity index (χ0n) is 17.3. The van der Waals surface area contributed by atoms with Crippen LogP contribution in [0, 0.1) is 0 Å². The Balaban J connectivity index is 2.01. The quantitative estimate of drug-likeness (QED) is 0.544. The Labute approximate surface area is 177 Å². The summed E-state index contributed by atoms with van der Waals surface area (Å²) in [6.45, 7) is 3.24. The van der Waals surface area contributed by atoms with Crippen molar-refractivity contribution in [2.24, 2.45) is 4.99 Å². The van der Waals surface area contributed by atoms with Crippen LogP contribution in [0.25, 0.3) is 10.9 Å². The van der Waals surface area contributed by atoms with E-state index in [1.807, 2.05) is 0 Å². The number of aromatic nitrogens is 1. The third-order valence-electron chi connectivity index (χ3n) is 5.21. The Bertz CT molecular complexity index is 1170. The molecule has 0 saturated carbocycles. The summed E-state index contributed by atoms with van der Waals surface area (Å²) in [4.78, 5) is 18.1. The van der Waals surface area contributed by atoms with Crippen molar-refractivity contribution in [3.05, 3.63) is 70.5 Å². The molecular weight excluding hydrogens is 409 g/mol. The van der Waals surface area contributed by atoms with E-state index in [0.717, 1.165) is 0 Å². The number of aliphatic hydroxyl groups is 1. The standard InChI is InChI=1S/C23H23F3N2O3/c1-21(2,15-6-4-7-16(12-15)31-3)13-22(30,23(24,25)26)14-27-18-8-5-9-19-17(18)10-11-20(29)28-19/h4-12,14,30H,13H2,1-3H3,(H,28,29). The molecule has 0 fully saturated rings. The molecule has 5 nitrogen and oxygen atoms in total. The Morgan fingerprint density at radius 2 is 1.81 bits per heavy atom. The summed E-state index contributed by atoms with van der Waals surface area (Å²) in [6.07, 6.45) is -5.07. The number of fused-ring (bicyclic) bond motifs is 1. The lowest BCUT2D eigenvalue weighted by molar-refractivity contribution is -0.234. The summed E-state index contributed by atoms with van der Waals surface area (Å²) in [5, 5.41) is 11.2. The fraction of sp³-hybridized carbons (Fsp3) is 0.304. The van der Waals surface area contributed by atoms with Crippen molar-refractivity contribution < 1.29 is 23.0 Å². The van der Waals surface area contributed by atoms with Crippen LogP contribution in [0.1, 0.15) is 25.8 Å². The van der Waals surface area contributed by atoms with Crippen LogP contribution in [-0.2, 0) is 5.41 Å². The van der Waals surface area contributed by atoms with Crippen LogP contribution in [0.15, 0.2) is 64.4 Å². The summed E-state index contributed by atoms with van der Waals surface area (Å²) in [6, 6.07) is 14.2. The topological polar surface area (TPSA) is 74.7 Å². The summed E-state index contributed by atoms with van der Waals surface area (Å²) < 4.78 is 47.0. The molecule has 0 radical (unpaired) electrons. The molecule has 0 bridgehead atoms. The highest BCUT2D eigenvalue weighted by molar-refractivity contribution is 5.91. The molecule has 3 aromatic rings. The predicted octanol–water partition coefficient (Wildman–Crippen LogP) is 4.90. The molecular formula is C23H23F3N2O3. The van der Waals surface area contributed by atoms with Gasteiger partial charge in [0.15, 0.2) is 5.60 Å². The highest BCUT2D eigenvalue weighted by Gasteiger charge is 2.55. The second kappa shape index (κ2) is 8.19. The van der Waals surface area contributed by atoms with Gasteiger partial charge in [0.25, 0.3) is 0 Å². The largest absolute Gasteiger partial charge is 0.497 e. The highest BCUT2D eigenvalue weighted by atomic mass is 19.4. The molecule has 8 heteroatoms. The van der Waals surface area contributed by atoms with Crippen LogP contribution in [0.5, 0.6) is 5.75 Å². The third kappa shape index (κ3) is 4.80. The minimum absolute atomic E-state index is 0.204. The molecule has 0 aliphatic carbocycles. The Hall–Kier alpha value is -3.13. The van der Waals surface area contributed by atoms with E-state index in [9.17, 15) is 23.1 Å². The number of hydrogen-bond donors (Lipinski definition) is 2. The number of benzene rings is 2. The maximum atomic E-state index is 14.0. The van der Waals surface area contributed by atoms with E-state index in [4.69, 9.17) is 4.74 Å². The van der Waals surface area contributed by atoms with Gasteiger partial charge in [-0.3, -0.25) is 9.79 Å². The van der Waals surface area contributed by atoms with E-state index in [1.54, 1.807) is 50.2 Å². The molecule has 0 aliphatic rings. The van der Waals surface area contributed by atoms with Gasteiger partial charge in [-0.25, -0.2) is 0 Å².